The Hall–Kier alpha value is -3.34. The van der Waals surface area contributed by atoms with Gasteiger partial charge in [0.05, 0.1) is 18.4 Å². The lowest BCUT2D eigenvalue weighted by molar-refractivity contribution is 0.102. The Morgan fingerprint density at radius 3 is 2.52 bits per heavy atom. The van der Waals surface area contributed by atoms with Gasteiger partial charge in [-0.2, -0.15) is 0 Å². The third kappa shape index (κ3) is 3.95. The minimum atomic E-state index is -0.227. The van der Waals surface area contributed by atoms with E-state index in [0.29, 0.717) is 17.1 Å². The summed E-state index contributed by atoms with van der Waals surface area (Å²) in [5, 5.41) is 6.06. The first-order valence-electron chi connectivity index (χ1n) is 7.90. The minimum Gasteiger partial charge on any atom is -0.495 e. The van der Waals surface area contributed by atoms with Gasteiger partial charge < -0.3 is 15.4 Å². The predicted molar refractivity (Wildman–Crippen MR) is 99.6 cm³/mol. The molecule has 5 heteroatoms. The van der Waals surface area contributed by atoms with E-state index in [4.69, 9.17) is 4.74 Å². The fourth-order valence-corrected chi connectivity index (χ4v) is 2.40. The van der Waals surface area contributed by atoms with E-state index in [1.165, 1.54) is 0 Å². The summed E-state index contributed by atoms with van der Waals surface area (Å²) in [7, 11) is 1.60. The highest BCUT2D eigenvalue weighted by atomic mass is 16.5. The Labute approximate surface area is 146 Å². The molecule has 1 aromatic heterocycles. The first-order valence-corrected chi connectivity index (χ1v) is 7.90. The van der Waals surface area contributed by atoms with Crippen LogP contribution < -0.4 is 15.4 Å². The van der Waals surface area contributed by atoms with Gasteiger partial charge in [0.25, 0.3) is 5.91 Å². The highest BCUT2D eigenvalue weighted by Gasteiger charge is 2.14. The number of hydrogen-bond acceptors (Lipinski definition) is 4. The number of nitrogens with zero attached hydrogens (tertiary/aromatic N) is 1. The van der Waals surface area contributed by atoms with E-state index < -0.39 is 0 Å². The summed E-state index contributed by atoms with van der Waals surface area (Å²) in [5.74, 6) is 0.920. The second-order valence-electron chi connectivity index (χ2n) is 5.55. The van der Waals surface area contributed by atoms with Crippen LogP contribution in [-0.4, -0.2) is 18.0 Å². The largest absolute Gasteiger partial charge is 0.495 e. The number of para-hydroxylation sites is 2. The Morgan fingerprint density at radius 2 is 1.76 bits per heavy atom. The van der Waals surface area contributed by atoms with Crippen molar-refractivity contribution in [2.75, 3.05) is 17.7 Å². The summed E-state index contributed by atoms with van der Waals surface area (Å²) in [6, 6.07) is 18.6. The molecule has 0 unspecified atom stereocenters. The van der Waals surface area contributed by atoms with Crippen LogP contribution in [0, 0.1) is 6.92 Å². The first kappa shape index (κ1) is 16.5. The van der Waals surface area contributed by atoms with Crippen molar-refractivity contribution in [1.29, 1.82) is 0 Å². The van der Waals surface area contributed by atoms with Crippen molar-refractivity contribution in [3.05, 3.63) is 78.0 Å². The van der Waals surface area contributed by atoms with Crippen LogP contribution in [0.25, 0.3) is 0 Å². The average Bonchev–Trinajstić information content (AvgIpc) is 2.64. The number of methoxy groups -OCH3 is 1. The number of aryl methyl sites for hydroxylation is 1. The fraction of sp³-hybridized carbons (Fsp3) is 0.100. The number of anilines is 3. The molecular formula is C20H19N3O2. The maximum Gasteiger partial charge on any atom is 0.259 e. The van der Waals surface area contributed by atoms with Crippen LogP contribution in [0.3, 0.4) is 0 Å². The van der Waals surface area contributed by atoms with Crippen molar-refractivity contribution in [3.63, 3.8) is 0 Å². The number of amides is 1. The molecule has 0 aliphatic carbocycles. The zero-order valence-electron chi connectivity index (χ0n) is 14.1. The average molecular weight is 333 g/mol. The zero-order valence-corrected chi connectivity index (χ0v) is 14.1. The summed E-state index contributed by atoms with van der Waals surface area (Å²) in [5.41, 5.74) is 3.07. The van der Waals surface area contributed by atoms with E-state index in [0.717, 1.165) is 16.9 Å². The van der Waals surface area contributed by atoms with Gasteiger partial charge >= 0.3 is 0 Å². The molecule has 0 radical (unpaired) electrons. The summed E-state index contributed by atoms with van der Waals surface area (Å²) < 4.78 is 5.33. The van der Waals surface area contributed by atoms with Crippen LogP contribution in [0.15, 0.2) is 66.9 Å². The fourth-order valence-electron chi connectivity index (χ4n) is 2.40. The molecular weight excluding hydrogens is 314 g/mol. The lowest BCUT2D eigenvalue weighted by atomic mass is 10.2. The van der Waals surface area contributed by atoms with E-state index in [1.807, 2.05) is 55.5 Å². The maximum absolute atomic E-state index is 12.6. The lowest BCUT2D eigenvalue weighted by Crippen LogP contribution is -2.14. The van der Waals surface area contributed by atoms with Crippen molar-refractivity contribution in [2.24, 2.45) is 0 Å². The van der Waals surface area contributed by atoms with Crippen molar-refractivity contribution in [3.8, 4) is 5.75 Å². The molecule has 0 aliphatic heterocycles. The zero-order chi connectivity index (χ0) is 17.6. The molecule has 5 nitrogen and oxygen atoms in total. The van der Waals surface area contributed by atoms with E-state index in [-0.39, 0.29) is 5.91 Å². The van der Waals surface area contributed by atoms with E-state index >= 15 is 0 Å². The summed E-state index contributed by atoms with van der Waals surface area (Å²) in [6.45, 7) is 2.00. The van der Waals surface area contributed by atoms with Crippen LogP contribution in [0.5, 0.6) is 5.75 Å². The molecule has 0 bridgehead atoms. The van der Waals surface area contributed by atoms with Gasteiger partial charge in [-0.3, -0.25) is 4.79 Å². The third-order valence-electron chi connectivity index (χ3n) is 3.72. The number of pyridine rings is 1. The number of rotatable bonds is 5. The molecule has 1 amide bonds. The van der Waals surface area contributed by atoms with Gasteiger partial charge in [-0.25, -0.2) is 4.98 Å². The second kappa shape index (κ2) is 7.49. The smallest absolute Gasteiger partial charge is 0.259 e. The van der Waals surface area contributed by atoms with Gasteiger partial charge in [0.2, 0.25) is 0 Å². The van der Waals surface area contributed by atoms with Crippen LogP contribution in [-0.2, 0) is 0 Å². The molecule has 3 rings (SSSR count). The molecule has 0 saturated heterocycles. The Kier molecular flexibility index (Phi) is 4.95. The van der Waals surface area contributed by atoms with Crippen molar-refractivity contribution < 1.29 is 9.53 Å². The summed E-state index contributed by atoms with van der Waals surface area (Å²) in [6.07, 6.45) is 1.64. The monoisotopic (exact) mass is 333 g/mol. The quantitative estimate of drug-likeness (QED) is 0.727. The Bertz CT molecular complexity index is 876. The molecule has 2 aromatic carbocycles. The van der Waals surface area contributed by atoms with E-state index in [1.54, 1.807) is 25.4 Å². The van der Waals surface area contributed by atoms with Gasteiger partial charge in [-0.05, 0) is 43.3 Å². The first-order chi connectivity index (χ1) is 12.2. The SMILES string of the molecule is COc1ccccc1Nc1ncccc1C(=O)Nc1ccc(C)cc1. The van der Waals surface area contributed by atoms with Gasteiger partial charge in [-0.1, -0.05) is 29.8 Å². The Morgan fingerprint density at radius 1 is 1.00 bits per heavy atom. The molecule has 126 valence electrons. The highest BCUT2D eigenvalue weighted by molar-refractivity contribution is 6.07. The molecule has 0 saturated carbocycles. The van der Waals surface area contributed by atoms with Crippen LogP contribution in [0.2, 0.25) is 0 Å². The van der Waals surface area contributed by atoms with Crippen molar-refractivity contribution >= 4 is 23.1 Å². The normalized spacial score (nSPS) is 10.2. The standard InChI is InChI=1S/C20H19N3O2/c1-14-9-11-15(12-10-14)22-20(24)16-6-5-13-21-19(16)23-17-7-3-4-8-18(17)25-2/h3-13H,1-2H3,(H,21,23)(H,22,24). The topological polar surface area (TPSA) is 63.2 Å². The third-order valence-corrected chi connectivity index (χ3v) is 3.72. The number of carbonyl (C=O) groups excluding carboxylic acids is 1. The molecule has 0 aliphatic rings. The number of nitrogens with one attached hydrogen (secondary N) is 2. The van der Waals surface area contributed by atoms with Crippen LogP contribution in [0.4, 0.5) is 17.2 Å². The number of aromatic nitrogens is 1. The number of hydrogen-bond donors (Lipinski definition) is 2. The summed E-state index contributed by atoms with van der Waals surface area (Å²) in [4.78, 5) is 16.9. The van der Waals surface area contributed by atoms with Gasteiger partial charge in [0, 0.05) is 11.9 Å². The van der Waals surface area contributed by atoms with E-state index in [2.05, 4.69) is 15.6 Å². The Balaban J connectivity index is 1.85. The molecule has 2 N–H and O–H groups in total. The molecule has 0 spiro atoms. The van der Waals surface area contributed by atoms with Gasteiger partial charge in [-0.15, -0.1) is 0 Å². The number of ether oxygens (including phenoxy) is 1. The predicted octanol–water partition coefficient (Wildman–Crippen LogP) is 4.39. The molecule has 25 heavy (non-hydrogen) atoms. The minimum absolute atomic E-state index is 0.227. The van der Waals surface area contributed by atoms with E-state index in [9.17, 15) is 4.79 Å². The van der Waals surface area contributed by atoms with Crippen molar-refractivity contribution in [2.45, 2.75) is 6.92 Å². The second-order valence-corrected chi connectivity index (χ2v) is 5.55. The summed E-state index contributed by atoms with van der Waals surface area (Å²) >= 11 is 0. The number of carbonyl (C=O) groups is 1. The van der Waals surface area contributed by atoms with Crippen LogP contribution >= 0.6 is 0 Å². The molecule has 0 fully saturated rings. The van der Waals surface area contributed by atoms with Gasteiger partial charge in [0.1, 0.15) is 11.6 Å². The molecule has 0 atom stereocenters. The molecule has 1 heterocycles. The molecule has 3 aromatic rings. The maximum atomic E-state index is 12.6. The van der Waals surface area contributed by atoms with Crippen LogP contribution in [0.1, 0.15) is 15.9 Å². The lowest BCUT2D eigenvalue weighted by Gasteiger charge is -2.13. The van der Waals surface area contributed by atoms with Gasteiger partial charge in [0.15, 0.2) is 0 Å². The van der Waals surface area contributed by atoms with Crippen molar-refractivity contribution in [1.82, 2.24) is 4.98 Å². The highest BCUT2D eigenvalue weighted by Crippen LogP contribution is 2.27. The number of benzene rings is 2.